The summed E-state index contributed by atoms with van der Waals surface area (Å²) in [6, 6.07) is 0. The van der Waals surface area contributed by atoms with Crippen molar-refractivity contribution in [2.75, 3.05) is 0 Å². The first-order valence-electron chi connectivity index (χ1n) is 5.15. The van der Waals surface area contributed by atoms with Crippen LogP contribution in [0, 0.1) is 11.8 Å². The highest BCUT2D eigenvalue weighted by Crippen LogP contribution is 2.39. The zero-order valence-corrected chi connectivity index (χ0v) is 8.20. The van der Waals surface area contributed by atoms with Crippen LogP contribution in [0.25, 0.3) is 0 Å². The van der Waals surface area contributed by atoms with E-state index in [0.29, 0.717) is 5.92 Å². The predicted octanol–water partition coefficient (Wildman–Crippen LogP) is 2.84. The molecule has 0 unspecified atom stereocenters. The summed E-state index contributed by atoms with van der Waals surface area (Å²) in [5.41, 5.74) is 0. The largest absolute Gasteiger partial charge is 0.481 e. The van der Waals surface area contributed by atoms with Crippen molar-refractivity contribution in [3.05, 3.63) is 12.2 Å². The first kappa shape index (κ1) is 10.3. The number of allylic oxidation sites excluding steroid dienone is 2. The van der Waals surface area contributed by atoms with Gasteiger partial charge in [0.25, 0.3) is 0 Å². The van der Waals surface area contributed by atoms with Gasteiger partial charge in [-0.2, -0.15) is 0 Å². The van der Waals surface area contributed by atoms with Gasteiger partial charge >= 0.3 is 5.97 Å². The van der Waals surface area contributed by atoms with E-state index in [1.54, 1.807) is 0 Å². The molecule has 2 atom stereocenters. The average molecular weight is 182 g/mol. The highest BCUT2D eigenvalue weighted by atomic mass is 16.4. The van der Waals surface area contributed by atoms with Gasteiger partial charge in [-0.05, 0) is 25.2 Å². The van der Waals surface area contributed by atoms with Gasteiger partial charge < -0.3 is 5.11 Å². The summed E-state index contributed by atoms with van der Waals surface area (Å²) in [6.45, 7) is 2.19. The van der Waals surface area contributed by atoms with E-state index >= 15 is 0 Å². The summed E-state index contributed by atoms with van der Waals surface area (Å²) in [5.74, 6) is -0.384. The molecule has 1 aliphatic rings. The van der Waals surface area contributed by atoms with Gasteiger partial charge in [-0.15, -0.1) is 0 Å². The number of aliphatic carboxylic acids is 1. The zero-order valence-electron chi connectivity index (χ0n) is 8.20. The minimum absolute atomic E-state index is 0.0811. The predicted molar refractivity (Wildman–Crippen MR) is 52.5 cm³/mol. The molecule has 0 aromatic rings. The third-order valence-corrected chi connectivity index (χ3v) is 2.51. The quantitative estimate of drug-likeness (QED) is 0.506. The summed E-state index contributed by atoms with van der Waals surface area (Å²) < 4.78 is 0. The monoisotopic (exact) mass is 182 g/mol. The van der Waals surface area contributed by atoms with Crippen molar-refractivity contribution >= 4 is 5.97 Å². The Morgan fingerprint density at radius 2 is 2.31 bits per heavy atom. The molecule has 0 amide bonds. The molecule has 0 spiro atoms. The van der Waals surface area contributed by atoms with Crippen LogP contribution in [0.4, 0.5) is 0 Å². The molecule has 0 radical (unpaired) electrons. The van der Waals surface area contributed by atoms with Gasteiger partial charge in [0.2, 0.25) is 0 Å². The van der Waals surface area contributed by atoms with Gasteiger partial charge in [-0.1, -0.05) is 31.9 Å². The molecule has 0 bridgehead atoms. The van der Waals surface area contributed by atoms with E-state index in [9.17, 15) is 4.79 Å². The summed E-state index contributed by atoms with van der Waals surface area (Å²) in [5, 5.41) is 8.63. The lowest BCUT2D eigenvalue weighted by Gasteiger charge is -1.91. The lowest BCUT2D eigenvalue weighted by atomic mass is 10.2. The molecule has 2 nitrogen and oxygen atoms in total. The number of hydrogen-bond acceptors (Lipinski definition) is 1. The normalized spacial score (nSPS) is 26.5. The molecular formula is C11H18O2. The molecule has 1 N–H and O–H groups in total. The standard InChI is InChI=1S/C11H18O2/c1-2-3-4-5-6-7-9-8-10(9)11(12)13/h6-7,9-10H,2-5,8H2,1H3,(H,12,13)/b7-6-/t9-,10+/m1/s1. The van der Waals surface area contributed by atoms with Gasteiger partial charge in [0.05, 0.1) is 5.92 Å². The van der Waals surface area contributed by atoms with E-state index in [1.807, 2.05) is 0 Å². The topological polar surface area (TPSA) is 37.3 Å². The fraction of sp³-hybridized carbons (Fsp3) is 0.727. The van der Waals surface area contributed by atoms with Gasteiger partial charge in [0, 0.05) is 0 Å². The first-order valence-corrected chi connectivity index (χ1v) is 5.15. The fourth-order valence-electron chi connectivity index (χ4n) is 1.49. The van der Waals surface area contributed by atoms with Crippen molar-refractivity contribution in [3.63, 3.8) is 0 Å². The third kappa shape index (κ3) is 3.62. The van der Waals surface area contributed by atoms with Gasteiger partial charge in [0.1, 0.15) is 0 Å². The Balaban J connectivity index is 2.03. The second-order valence-corrected chi connectivity index (χ2v) is 3.77. The van der Waals surface area contributed by atoms with Crippen molar-refractivity contribution in [2.45, 2.75) is 39.0 Å². The molecule has 0 aromatic carbocycles. The number of rotatable bonds is 6. The lowest BCUT2D eigenvalue weighted by molar-refractivity contribution is -0.138. The molecule has 0 aromatic heterocycles. The van der Waals surface area contributed by atoms with E-state index in [2.05, 4.69) is 19.1 Å². The highest BCUT2D eigenvalue weighted by molar-refractivity contribution is 5.73. The van der Waals surface area contributed by atoms with Gasteiger partial charge in [0.15, 0.2) is 0 Å². The maximum absolute atomic E-state index is 10.5. The Hall–Kier alpha value is -0.790. The number of carboxylic acid groups (broad SMARTS) is 1. The molecular weight excluding hydrogens is 164 g/mol. The zero-order chi connectivity index (χ0) is 9.68. The Morgan fingerprint density at radius 3 is 2.85 bits per heavy atom. The van der Waals surface area contributed by atoms with E-state index < -0.39 is 5.97 Å². The molecule has 2 heteroatoms. The number of carbonyl (C=O) groups is 1. The summed E-state index contributed by atoms with van der Waals surface area (Å²) in [4.78, 5) is 10.5. The first-order chi connectivity index (χ1) is 6.25. The number of hydrogen-bond donors (Lipinski definition) is 1. The minimum Gasteiger partial charge on any atom is -0.481 e. The average Bonchev–Trinajstić information content (AvgIpc) is 2.83. The van der Waals surface area contributed by atoms with Crippen LogP contribution in [0.2, 0.25) is 0 Å². The van der Waals surface area contributed by atoms with Crippen molar-refractivity contribution < 1.29 is 9.90 Å². The molecule has 74 valence electrons. The van der Waals surface area contributed by atoms with E-state index in [4.69, 9.17) is 5.11 Å². The van der Waals surface area contributed by atoms with Crippen LogP contribution in [0.1, 0.15) is 39.0 Å². The molecule has 0 saturated heterocycles. The van der Waals surface area contributed by atoms with Crippen molar-refractivity contribution in [1.82, 2.24) is 0 Å². The molecule has 0 heterocycles. The lowest BCUT2D eigenvalue weighted by Crippen LogP contribution is -1.97. The van der Waals surface area contributed by atoms with Crippen LogP contribution in [0.5, 0.6) is 0 Å². The third-order valence-electron chi connectivity index (χ3n) is 2.51. The van der Waals surface area contributed by atoms with E-state index in [-0.39, 0.29) is 5.92 Å². The van der Waals surface area contributed by atoms with Crippen molar-refractivity contribution in [3.8, 4) is 0 Å². The number of carboxylic acids is 1. The Kier molecular flexibility index (Phi) is 4.00. The van der Waals surface area contributed by atoms with Crippen molar-refractivity contribution in [1.29, 1.82) is 0 Å². The fourth-order valence-corrected chi connectivity index (χ4v) is 1.49. The molecule has 0 aliphatic heterocycles. The SMILES string of the molecule is CCCCC/C=C\[C@@H]1C[C@@H]1C(=O)O. The Morgan fingerprint density at radius 1 is 1.54 bits per heavy atom. The van der Waals surface area contributed by atoms with E-state index in [1.165, 1.54) is 19.3 Å². The molecule has 13 heavy (non-hydrogen) atoms. The van der Waals surface area contributed by atoms with Gasteiger partial charge in [-0.3, -0.25) is 4.79 Å². The van der Waals surface area contributed by atoms with Crippen LogP contribution in [0.3, 0.4) is 0 Å². The summed E-state index contributed by atoms with van der Waals surface area (Å²) >= 11 is 0. The van der Waals surface area contributed by atoms with Crippen LogP contribution >= 0.6 is 0 Å². The smallest absolute Gasteiger partial charge is 0.307 e. The molecule has 1 aliphatic carbocycles. The summed E-state index contributed by atoms with van der Waals surface area (Å²) in [6.07, 6.45) is 9.93. The van der Waals surface area contributed by atoms with E-state index in [0.717, 1.165) is 12.8 Å². The maximum Gasteiger partial charge on any atom is 0.307 e. The molecule has 1 fully saturated rings. The van der Waals surface area contributed by atoms with Crippen molar-refractivity contribution in [2.24, 2.45) is 11.8 Å². The van der Waals surface area contributed by atoms with Crippen LogP contribution in [-0.4, -0.2) is 11.1 Å². The Bertz CT molecular complexity index is 196. The Labute approximate surface area is 79.6 Å². The minimum atomic E-state index is -0.636. The summed E-state index contributed by atoms with van der Waals surface area (Å²) in [7, 11) is 0. The van der Waals surface area contributed by atoms with Crippen LogP contribution < -0.4 is 0 Å². The van der Waals surface area contributed by atoms with Gasteiger partial charge in [-0.25, -0.2) is 0 Å². The number of unbranched alkanes of at least 4 members (excludes halogenated alkanes) is 3. The van der Waals surface area contributed by atoms with Crippen LogP contribution in [-0.2, 0) is 4.79 Å². The second-order valence-electron chi connectivity index (χ2n) is 3.77. The molecule has 1 saturated carbocycles. The van der Waals surface area contributed by atoms with Crippen LogP contribution in [0.15, 0.2) is 12.2 Å². The highest BCUT2D eigenvalue weighted by Gasteiger charge is 2.40. The maximum atomic E-state index is 10.5. The second kappa shape index (κ2) is 5.05. The molecule has 1 rings (SSSR count).